The summed E-state index contributed by atoms with van der Waals surface area (Å²) in [6.07, 6.45) is 2.42. The first-order valence-electron chi connectivity index (χ1n) is 10.6. The molecule has 10 N–H and O–H groups in total. The first kappa shape index (κ1) is 24.6. The maximum absolute atomic E-state index is 13.0. The number of nitrogens with one attached hydrogen (secondary N) is 1. The molecule has 1 aliphatic heterocycles. The van der Waals surface area contributed by atoms with Crippen molar-refractivity contribution in [2.45, 2.75) is 62.9 Å². The van der Waals surface area contributed by atoms with Crippen molar-refractivity contribution in [3.8, 4) is 0 Å². The smallest absolute Gasteiger partial charge is 0.281 e. The summed E-state index contributed by atoms with van der Waals surface area (Å²) in [6, 6.07) is 7.52. The van der Waals surface area contributed by atoms with Gasteiger partial charge in [-0.3, -0.25) is 14.6 Å². The van der Waals surface area contributed by atoms with Gasteiger partial charge in [-0.25, -0.2) is 0 Å². The van der Waals surface area contributed by atoms with Crippen molar-refractivity contribution < 1.29 is 25.5 Å². The van der Waals surface area contributed by atoms with Crippen molar-refractivity contribution in [2.75, 3.05) is 13.1 Å². The number of hydrogen-bond donors (Lipinski definition) is 6. The summed E-state index contributed by atoms with van der Waals surface area (Å²) in [5.41, 5.74) is 15.6. The molecule has 1 aromatic rings. The molecule has 1 fully saturated rings. The molecule has 3 atom stereocenters. The van der Waals surface area contributed by atoms with Crippen LogP contribution in [0.25, 0.3) is 0 Å². The molecule has 1 saturated heterocycles. The lowest BCUT2D eigenvalue weighted by atomic mass is 10.0. The standard InChI is InChI=1S/C21H34N6O4/c1-21(30,31)17(10-5-11-25-20(23)24)26-18(28)16-9-6-12-27(16)19(29)15(22)13-14-7-3-2-4-8-14/h2-4,7-8,15-17,30-31H,5-6,9-13,22H2,1H3,(H,26,28)(H4,23,24,25)/p+1/t15-,16+,17+/m1/s1. The zero-order valence-corrected chi connectivity index (χ0v) is 18.0. The molecule has 0 bridgehead atoms. The molecule has 0 spiro atoms. The third kappa shape index (κ3) is 7.50. The van der Waals surface area contributed by atoms with E-state index >= 15 is 0 Å². The summed E-state index contributed by atoms with van der Waals surface area (Å²) in [4.78, 5) is 31.3. The van der Waals surface area contributed by atoms with Crippen LogP contribution in [-0.4, -0.2) is 69.9 Å². The van der Waals surface area contributed by atoms with Crippen molar-refractivity contribution in [3.05, 3.63) is 35.9 Å². The van der Waals surface area contributed by atoms with E-state index in [0.29, 0.717) is 38.8 Å². The van der Waals surface area contributed by atoms with Gasteiger partial charge < -0.3 is 37.6 Å². The molecular formula is C21H35N6O4+. The highest BCUT2D eigenvalue weighted by Gasteiger charge is 2.39. The summed E-state index contributed by atoms with van der Waals surface area (Å²) in [5.74, 6) is -2.75. The number of carbonyl (C=O) groups is 2. The van der Waals surface area contributed by atoms with E-state index in [1.54, 1.807) is 4.90 Å². The Morgan fingerprint density at radius 3 is 2.61 bits per heavy atom. The molecule has 2 rings (SSSR count). The van der Waals surface area contributed by atoms with Crippen LogP contribution in [0.3, 0.4) is 0 Å². The van der Waals surface area contributed by atoms with E-state index in [4.69, 9.17) is 11.5 Å². The minimum atomic E-state index is -2.12. The summed E-state index contributed by atoms with van der Waals surface area (Å²) >= 11 is 0. The molecule has 0 aromatic heterocycles. The Bertz CT molecular complexity index is 761. The quantitative estimate of drug-likeness (QED) is 0.108. The van der Waals surface area contributed by atoms with E-state index in [1.807, 2.05) is 30.3 Å². The maximum Gasteiger partial charge on any atom is 0.281 e. The van der Waals surface area contributed by atoms with Crippen molar-refractivity contribution in [1.82, 2.24) is 10.2 Å². The molecule has 172 valence electrons. The van der Waals surface area contributed by atoms with Crippen molar-refractivity contribution in [1.29, 1.82) is 0 Å². The summed E-state index contributed by atoms with van der Waals surface area (Å²) < 4.78 is 0. The number of aliphatic hydroxyl groups is 2. The van der Waals surface area contributed by atoms with Gasteiger partial charge in [0.05, 0.1) is 6.04 Å². The van der Waals surface area contributed by atoms with E-state index in [2.05, 4.69) is 16.0 Å². The topological polar surface area (TPSA) is 182 Å². The second-order valence-corrected chi connectivity index (χ2v) is 8.18. The van der Waals surface area contributed by atoms with Crippen LogP contribution in [0.2, 0.25) is 0 Å². The molecule has 10 nitrogen and oxygen atoms in total. The van der Waals surface area contributed by atoms with E-state index in [0.717, 1.165) is 5.56 Å². The Balaban J connectivity index is 1.99. The monoisotopic (exact) mass is 435 g/mol. The number of hydrogen-bond acceptors (Lipinski definition) is 5. The average molecular weight is 436 g/mol. The van der Waals surface area contributed by atoms with Crippen LogP contribution in [-0.2, 0) is 16.0 Å². The second kappa shape index (κ2) is 11.1. The van der Waals surface area contributed by atoms with E-state index in [-0.39, 0.29) is 18.3 Å². The Labute approximate surface area is 182 Å². The lowest BCUT2D eigenvalue weighted by Gasteiger charge is -2.32. The molecule has 0 radical (unpaired) electrons. The fourth-order valence-electron chi connectivity index (χ4n) is 3.78. The molecule has 0 saturated carbocycles. The van der Waals surface area contributed by atoms with E-state index in [9.17, 15) is 19.8 Å². The zero-order chi connectivity index (χ0) is 23.0. The Morgan fingerprint density at radius 1 is 1.32 bits per heavy atom. The lowest BCUT2D eigenvalue weighted by Crippen LogP contribution is -2.70. The first-order valence-corrected chi connectivity index (χ1v) is 10.6. The second-order valence-electron chi connectivity index (χ2n) is 8.18. The number of nitrogens with zero attached hydrogens (tertiary/aromatic N) is 2. The van der Waals surface area contributed by atoms with Crippen LogP contribution in [0.5, 0.6) is 0 Å². The van der Waals surface area contributed by atoms with Gasteiger partial charge in [0, 0.05) is 19.5 Å². The molecule has 2 amide bonds. The van der Waals surface area contributed by atoms with Gasteiger partial charge >= 0.3 is 0 Å². The van der Waals surface area contributed by atoms with Crippen LogP contribution in [0.15, 0.2) is 35.3 Å². The molecule has 1 aromatic carbocycles. The Hall–Kier alpha value is -2.69. The molecule has 1 aliphatic rings. The molecular weight excluding hydrogens is 400 g/mol. The summed E-state index contributed by atoms with van der Waals surface area (Å²) in [7, 11) is 0. The van der Waals surface area contributed by atoms with Gasteiger partial charge in [-0.05, 0) is 38.2 Å². The highest BCUT2D eigenvalue weighted by molar-refractivity contribution is 5.90. The number of benzene rings is 1. The predicted molar refractivity (Wildman–Crippen MR) is 116 cm³/mol. The third-order valence-electron chi connectivity index (χ3n) is 5.43. The fraction of sp³-hybridized carbons (Fsp3) is 0.571. The molecule has 10 heteroatoms. The van der Waals surface area contributed by atoms with Gasteiger partial charge in [-0.1, -0.05) is 30.3 Å². The molecule has 31 heavy (non-hydrogen) atoms. The van der Waals surface area contributed by atoms with Gasteiger partial charge in [0.15, 0.2) is 17.8 Å². The minimum Gasteiger partial charge on any atom is -0.370 e. The number of likely N-dealkylation sites (tertiary alicyclic amines) is 1. The van der Waals surface area contributed by atoms with Crippen molar-refractivity contribution in [2.24, 2.45) is 16.5 Å². The number of nitrogens with two attached hydrogens (primary N) is 2. The first-order chi connectivity index (χ1) is 14.6. The minimum absolute atomic E-state index is 0.0466. The van der Waals surface area contributed by atoms with Crippen molar-refractivity contribution >= 4 is 17.8 Å². The average Bonchev–Trinajstić information content (AvgIpc) is 3.19. The maximum atomic E-state index is 13.0. The lowest BCUT2D eigenvalue weighted by molar-refractivity contribution is -0.405. The van der Waals surface area contributed by atoms with Crippen LogP contribution in [0.4, 0.5) is 0 Å². The molecule has 0 aliphatic carbocycles. The van der Waals surface area contributed by atoms with Gasteiger partial charge in [0.2, 0.25) is 5.91 Å². The van der Waals surface area contributed by atoms with Gasteiger partial charge in [-0.2, -0.15) is 0 Å². The highest BCUT2D eigenvalue weighted by atomic mass is 16.5. The van der Waals surface area contributed by atoms with Crippen molar-refractivity contribution in [3.63, 3.8) is 0 Å². The number of amides is 2. The van der Waals surface area contributed by atoms with Crippen LogP contribution >= 0.6 is 0 Å². The Morgan fingerprint density at radius 2 is 2.00 bits per heavy atom. The fourth-order valence-corrected chi connectivity index (χ4v) is 3.78. The number of quaternary nitrogens is 1. The van der Waals surface area contributed by atoms with Gasteiger partial charge in [0.25, 0.3) is 5.91 Å². The Kier molecular flexibility index (Phi) is 8.78. The SMILES string of the molecule is CC(O)(O)[C@H](CCCN=C(N)N)NC(=O)[C@@H]1CCCN1C(=O)[C@H]([NH3+])Cc1ccccc1. The largest absolute Gasteiger partial charge is 0.370 e. The van der Waals surface area contributed by atoms with E-state index < -0.39 is 29.8 Å². The number of guanidine groups is 1. The molecule has 0 unspecified atom stereocenters. The zero-order valence-electron chi connectivity index (χ0n) is 18.0. The van der Waals surface area contributed by atoms with Gasteiger partial charge in [0.1, 0.15) is 6.04 Å². The summed E-state index contributed by atoms with van der Waals surface area (Å²) in [6.45, 7) is 1.99. The van der Waals surface area contributed by atoms with E-state index in [1.165, 1.54) is 6.92 Å². The summed E-state index contributed by atoms with van der Waals surface area (Å²) in [5, 5.41) is 22.8. The number of rotatable bonds is 10. The predicted octanol–water partition coefficient (Wildman–Crippen LogP) is -1.93. The number of aliphatic imine (C=N–C) groups is 1. The van der Waals surface area contributed by atoms with Gasteiger partial charge in [-0.15, -0.1) is 0 Å². The van der Waals surface area contributed by atoms with Crippen LogP contribution in [0.1, 0.15) is 38.2 Å². The van der Waals surface area contributed by atoms with Crippen LogP contribution < -0.4 is 22.5 Å². The molecule has 1 heterocycles. The normalized spacial score (nSPS) is 18.3. The third-order valence-corrected chi connectivity index (χ3v) is 5.43. The number of carbonyl (C=O) groups excluding carboxylic acids is 2. The highest BCUT2D eigenvalue weighted by Crippen LogP contribution is 2.20. The van der Waals surface area contributed by atoms with Crippen LogP contribution in [0, 0.1) is 0 Å².